The highest BCUT2D eigenvalue weighted by molar-refractivity contribution is 7.89. The maximum Gasteiger partial charge on any atom is 0.335 e. The normalized spacial score (nSPS) is 12.1. The van der Waals surface area contributed by atoms with Crippen LogP contribution in [0.1, 0.15) is 29.8 Å². The lowest BCUT2D eigenvalue weighted by Gasteiger charge is -2.26. The van der Waals surface area contributed by atoms with Crippen LogP contribution in [0.15, 0.2) is 59.5 Å². The van der Waals surface area contributed by atoms with E-state index >= 15 is 0 Å². The number of hydrogen-bond donors (Lipinski definition) is 2. The molecule has 2 aromatic carbocycles. The van der Waals surface area contributed by atoms with E-state index in [0.717, 1.165) is 11.6 Å². The lowest BCUT2D eigenvalue weighted by molar-refractivity contribution is 0.0696. The van der Waals surface area contributed by atoms with E-state index in [9.17, 15) is 13.2 Å². The van der Waals surface area contributed by atoms with E-state index in [-0.39, 0.29) is 10.5 Å². The molecule has 0 aliphatic carbocycles. The molecule has 0 unspecified atom stereocenters. The second-order valence-electron chi connectivity index (χ2n) is 5.98. The molecule has 0 saturated carbocycles. The summed E-state index contributed by atoms with van der Waals surface area (Å²) in [4.78, 5) is 10.9. The summed E-state index contributed by atoms with van der Waals surface area (Å²) < 4.78 is 27.7. The molecule has 0 atom stereocenters. The SMILES string of the molecule is CC(C)(Cc1ccccc1)NS(=O)(=O)c1cccc(C(=O)O)c1. The average Bonchev–Trinajstić information content (AvgIpc) is 2.46. The molecule has 0 aliphatic heterocycles. The Morgan fingerprint density at radius 1 is 1.09 bits per heavy atom. The van der Waals surface area contributed by atoms with Crippen LogP contribution in [0.25, 0.3) is 0 Å². The highest BCUT2D eigenvalue weighted by atomic mass is 32.2. The van der Waals surface area contributed by atoms with Gasteiger partial charge in [0.25, 0.3) is 0 Å². The van der Waals surface area contributed by atoms with Crippen molar-refractivity contribution < 1.29 is 18.3 Å². The summed E-state index contributed by atoms with van der Waals surface area (Å²) in [5.74, 6) is -1.16. The summed E-state index contributed by atoms with van der Waals surface area (Å²) in [6.45, 7) is 3.58. The third-order valence-electron chi connectivity index (χ3n) is 3.29. The number of hydrogen-bond acceptors (Lipinski definition) is 3. The van der Waals surface area contributed by atoms with Crippen molar-refractivity contribution in [2.75, 3.05) is 0 Å². The minimum absolute atomic E-state index is 0.0569. The predicted octanol–water partition coefficient (Wildman–Crippen LogP) is 2.68. The molecule has 0 radical (unpaired) electrons. The van der Waals surface area contributed by atoms with Crippen molar-refractivity contribution in [1.82, 2.24) is 4.72 Å². The molecule has 0 heterocycles. The van der Waals surface area contributed by atoms with Crippen LogP contribution in [-0.2, 0) is 16.4 Å². The lowest BCUT2D eigenvalue weighted by atomic mass is 9.96. The summed E-state index contributed by atoms with van der Waals surface area (Å²) in [6.07, 6.45) is 0.520. The molecule has 0 spiro atoms. The van der Waals surface area contributed by atoms with Gasteiger partial charge in [0.2, 0.25) is 10.0 Å². The highest BCUT2D eigenvalue weighted by Gasteiger charge is 2.27. The number of sulfonamides is 1. The molecule has 0 aliphatic rings. The van der Waals surface area contributed by atoms with Crippen molar-refractivity contribution in [2.24, 2.45) is 0 Å². The second-order valence-corrected chi connectivity index (χ2v) is 7.67. The van der Waals surface area contributed by atoms with Crippen molar-refractivity contribution in [3.63, 3.8) is 0 Å². The largest absolute Gasteiger partial charge is 0.478 e. The van der Waals surface area contributed by atoms with Crippen LogP contribution in [0.3, 0.4) is 0 Å². The van der Waals surface area contributed by atoms with Gasteiger partial charge in [-0.25, -0.2) is 17.9 Å². The van der Waals surface area contributed by atoms with Crippen molar-refractivity contribution in [2.45, 2.75) is 30.7 Å². The zero-order chi connectivity index (χ0) is 17.1. The Morgan fingerprint density at radius 2 is 1.74 bits per heavy atom. The number of aromatic carboxylic acids is 1. The molecular weight excluding hydrogens is 314 g/mol. The van der Waals surface area contributed by atoms with Gasteiger partial charge in [0.1, 0.15) is 0 Å². The van der Waals surface area contributed by atoms with Crippen molar-refractivity contribution in [3.05, 3.63) is 65.7 Å². The Labute approximate surface area is 136 Å². The Morgan fingerprint density at radius 3 is 2.35 bits per heavy atom. The average molecular weight is 333 g/mol. The fourth-order valence-electron chi connectivity index (χ4n) is 2.36. The Kier molecular flexibility index (Phi) is 4.87. The highest BCUT2D eigenvalue weighted by Crippen LogP contribution is 2.18. The van der Waals surface area contributed by atoms with Gasteiger partial charge in [0.05, 0.1) is 10.5 Å². The van der Waals surface area contributed by atoms with Crippen LogP contribution in [-0.4, -0.2) is 25.0 Å². The summed E-state index contributed by atoms with van der Waals surface area (Å²) in [6, 6.07) is 14.9. The minimum Gasteiger partial charge on any atom is -0.478 e. The van der Waals surface area contributed by atoms with Gasteiger partial charge in [-0.3, -0.25) is 0 Å². The van der Waals surface area contributed by atoms with E-state index in [0.29, 0.717) is 6.42 Å². The third-order valence-corrected chi connectivity index (χ3v) is 4.99. The number of rotatable bonds is 6. The summed E-state index contributed by atoms with van der Waals surface area (Å²) in [7, 11) is -3.81. The lowest BCUT2D eigenvalue weighted by Crippen LogP contribution is -2.45. The van der Waals surface area contributed by atoms with Gasteiger partial charge >= 0.3 is 5.97 Å². The molecule has 0 saturated heterocycles. The van der Waals surface area contributed by atoms with E-state index in [1.54, 1.807) is 13.8 Å². The van der Waals surface area contributed by atoms with Gasteiger partial charge in [0.15, 0.2) is 0 Å². The Balaban J connectivity index is 2.23. The molecule has 23 heavy (non-hydrogen) atoms. The standard InChI is InChI=1S/C17H19NO4S/c1-17(2,12-13-7-4-3-5-8-13)18-23(21,22)15-10-6-9-14(11-15)16(19)20/h3-11,18H,12H2,1-2H3,(H,19,20). The number of nitrogens with one attached hydrogen (secondary N) is 1. The summed E-state index contributed by atoms with van der Waals surface area (Å²) >= 11 is 0. The molecular formula is C17H19NO4S. The van der Waals surface area contributed by atoms with Crippen LogP contribution in [0.4, 0.5) is 0 Å². The number of benzene rings is 2. The van der Waals surface area contributed by atoms with E-state index in [4.69, 9.17) is 5.11 Å². The molecule has 2 N–H and O–H groups in total. The summed E-state index contributed by atoms with van der Waals surface area (Å²) in [5.41, 5.74) is 0.243. The molecule has 0 amide bonds. The van der Waals surface area contributed by atoms with Crippen molar-refractivity contribution >= 4 is 16.0 Å². The van der Waals surface area contributed by atoms with Crippen molar-refractivity contribution in [1.29, 1.82) is 0 Å². The quantitative estimate of drug-likeness (QED) is 0.851. The number of carboxylic acids is 1. The summed E-state index contributed by atoms with van der Waals surface area (Å²) in [5, 5.41) is 8.99. The van der Waals surface area contributed by atoms with Crippen LogP contribution < -0.4 is 4.72 Å². The second kappa shape index (κ2) is 6.52. The first-order valence-corrected chi connectivity index (χ1v) is 8.59. The monoisotopic (exact) mass is 333 g/mol. The van der Waals surface area contributed by atoms with Gasteiger partial charge in [-0.1, -0.05) is 36.4 Å². The fourth-order valence-corrected chi connectivity index (χ4v) is 3.82. The molecule has 6 heteroatoms. The zero-order valence-electron chi connectivity index (χ0n) is 13.0. The maximum absolute atomic E-state index is 12.5. The van der Waals surface area contributed by atoms with Crippen LogP contribution in [0.5, 0.6) is 0 Å². The molecule has 2 aromatic rings. The Bertz CT molecular complexity index is 798. The molecule has 0 fully saturated rings. The Hall–Kier alpha value is -2.18. The van der Waals surface area contributed by atoms with E-state index in [2.05, 4.69) is 4.72 Å². The van der Waals surface area contributed by atoms with Crippen LogP contribution in [0.2, 0.25) is 0 Å². The van der Waals surface area contributed by atoms with Crippen LogP contribution in [0, 0.1) is 0 Å². The number of carbonyl (C=O) groups is 1. The molecule has 0 bridgehead atoms. The number of carboxylic acid groups (broad SMARTS) is 1. The smallest absolute Gasteiger partial charge is 0.335 e. The van der Waals surface area contributed by atoms with Gasteiger partial charge in [-0.15, -0.1) is 0 Å². The predicted molar refractivity (Wildman–Crippen MR) is 87.9 cm³/mol. The molecule has 0 aromatic heterocycles. The van der Waals surface area contributed by atoms with Gasteiger partial charge < -0.3 is 5.11 Å². The van der Waals surface area contributed by atoms with Gasteiger partial charge in [-0.2, -0.15) is 0 Å². The third kappa shape index (κ3) is 4.64. The van der Waals surface area contributed by atoms with Gasteiger partial charge in [0, 0.05) is 5.54 Å². The molecule has 2 rings (SSSR count). The van der Waals surface area contributed by atoms with E-state index in [1.807, 2.05) is 30.3 Å². The maximum atomic E-state index is 12.5. The minimum atomic E-state index is -3.81. The molecule has 122 valence electrons. The van der Waals surface area contributed by atoms with Crippen LogP contribution >= 0.6 is 0 Å². The first-order chi connectivity index (χ1) is 10.7. The molecule has 5 nitrogen and oxygen atoms in total. The first-order valence-electron chi connectivity index (χ1n) is 7.11. The topological polar surface area (TPSA) is 83.5 Å². The fraction of sp³-hybridized carbons (Fsp3) is 0.235. The first kappa shape index (κ1) is 17.2. The zero-order valence-corrected chi connectivity index (χ0v) is 13.8. The van der Waals surface area contributed by atoms with Crippen molar-refractivity contribution in [3.8, 4) is 0 Å². The van der Waals surface area contributed by atoms with E-state index in [1.165, 1.54) is 18.2 Å². The van der Waals surface area contributed by atoms with Gasteiger partial charge in [-0.05, 0) is 44.0 Å². The van der Waals surface area contributed by atoms with E-state index < -0.39 is 21.5 Å².